The van der Waals surface area contributed by atoms with Gasteiger partial charge in [-0.05, 0) is 45.7 Å². The lowest BCUT2D eigenvalue weighted by Crippen LogP contribution is -2.46. The van der Waals surface area contributed by atoms with Crippen molar-refractivity contribution in [2.24, 2.45) is 5.41 Å². The average molecular weight is 283 g/mol. The molecular formula is C16H33N3O. The molecule has 0 bridgehead atoms. The lowest BCUT2D eigenvalue weighted by molar-refractivity contribution is -0.123. The van der Waals surface area contributed by atoms with Crippen LogP contribution in [-0.2, 0) is 4.79 Å². The first-order valence-electron chi connectivity index (χ1n) is 7.96. The Kier molecular flexibility index (Phi) is 6.46. The third-order valence-corrected chi connectivity index (χ3v) is 4.40. The zero-order valence-electron chi connectivity index (χ0n) is 14.2. The molecule has 1 aliphatic heterocycles. The lowest BCUT2D eigenvalue weighted by Gasteiger charge is -2.29. The number of carbonyl (C=O) groups is 1. The first-order chi connectivity index (χ1) is 9.20. The van der Waals surface area contributed by atoms with Crippen LogP contribution in [0.25, 0.3) is 0 Å². The van der Waals surface area contributed by atoms with Gasteiger partial charge in [0.05, 0.1) is 6.54 Å². The predicted octanol–water partition coefficient (Wildman–Crippen LogP) is 1.95. The summed E-state index contributed by atoms with van der Waals surface area (Å²) in [4.78, 5) is 16.9. The van der Waals surface area contributed by atoms with Gasteiger partial charge in [0.15, 0.2) is 0 Å². The molecule has 0 aromatic heterocycles. The van der Waals surface area contributed by atoms with Crippen molar-refractivity contribution in [3.05, 3.63) is 0 Å². The second-order valence-corrected chi connectivity index (χ2v) is 7.41. The van der Waals surface area contributed by atoms with Crippen LogP contribution >= 0.6 is 0 Å². The minimum Gasteiger partial charge on any atom is -0.352 e. The Balaban J connectivity index is 2.39. The number of nitrogens with zero attached hydrogens (tertiary/aromatic N) is 2. The average Bonchev–Trinajstić information content (AvgIpc) is 2.53. The minimum atomic E-state index is 0.114. The van der Waals surface area contributed by atoms with Crippen LogP contribution in [-0.4, -0.2) is 60.5 Å². The zero-order valence-corrected chi connectivity index (χ0v) is 14.2. The van der Waals surface area contributed by atoms with Crippen LogP contribution in [0.2, 0.25) is 0 Å². The van der Waals surface area contributed by atoms with E-state index < -0.39 is 0 Å². The molecule has 118 valence electrons. The van der Waals surface area contributed by atoms with Gasteiger partial charge in [0.2, 0.25) is 5.91 Å². The maximum absolute atomic E-state index is 12.1. The molecule has 1 amide bonds. The smallest absolute Gasteiger partial charge is 0.234 e. The number of hydrogen-bond donors (Lipinski definition) is 1. The summed E-state index contributed by atoms with van der Waals surface area (Å²) in [5.74, 6) is 0.158. The maximum atomic E-state index is 12.1. The molecular weight excluding hydrogens is 250 g/mol. The van der Waals surface area contributed by atoms with Gasteiger partial charge in [-0.3, -0.25) is 14.6 Å². The van der Waals surface area contributed by atoms with Crippen LogP contribution in [0, 0.1) is 5.41 Å². The van der Waals surface area contributed by atoms with E-state index in [0.717, 1.165) is 32.6 Å². The van der Waals surface area contributed by atoms with Crippen molar-refractivity contribution in [1.29, 1.82) is 0 Å². The summed E-state index contributed by atoms with van der Waals surface area (Å²) in [5, 5.41) is 3.13. The summed E-state index contributed by atoms with van der Waals surface area (Å²) >= 11 is 0. The monoisotopic (exact) mass is 283 g/mol. The summed E-state index contributed by atoms with van der Waals surface area (Å²) < 4.78 is 0. The van der Waals surface area contributed by atoms with Gasteiger partial charge < -0.3 is 5.32 Å². The number of carbonyl (C=O) groups excluding carboxylic acids is 1. The van der Waals surface area contributed by atoms with Gasteiger partial charge in [-0.1, -0.05) is 20.8 Å². The quantitative estimate of drug-likeness (QED) is 0.856. The maximum Gasteiger partial charge on any atom is 0.234 e. The third-order valence-electron chi connectivity index (χ3n) is 4.40. The van der Waals surface area contributed by atoms with Gasteiger partial charge in [-0.2, -0.15) is 0 Å². The molecule has 0 saturated carbocycles. The van der Waals surface area contributed by atoms with Crippen LogP contribution < -0.4 is 5.32 Å². The highest BCUT2D eigenvalue weighted by Gasteiger charge is 2.23. The van der Waals surface area contributed by atoms with E-state index in [4.69, 9.17) is 0 Å². The van der Waals surface area contributed by atoms with E-state index in [0.29, 0.717) is 12.6 Å². The lowest BCUT2D eigenvalue weighted by atomic mass is 9.88. The molecule has 1 heterocycles. The van der Waals surface area contributed by atoms with E-state index >= 15 is 0 Å². The van der Waals surface area contributed by atoms with Gasteiger partial charge in [-0.15, -0.1) is 0 Å². The Morgan fingerprint density at radius 3 is 2.30 bits per heavy atom. The van der Waals surface area contributed by atoms with Crippen molar-refractivity contribution in [2.45, 2.75) is 60.0 Å². The summed E-state index contributed by atoms with van der Waals surface area (Å²) in [7, 11) is 0. The van der Waals surface area contributed by atoms with Crippen molar-refractivity contribution < 1.29 is 4.79 Å². The van der Waals surface area contributed by atoms with Crippen molar-refractivity contribution in [3.8, 4) is 0 Å². The number of amides is 1. The molecule has 1 saturated heterocycles. The Bertz CT molecular complexity index is 309. The number of nitrogens with one attached hydrogen (secondary N) is 1. The highest BCUT2D eigenvalue weighted by atomic mass is 16.2. The van der Waals surface area contributed by atoms with Gasteiger partial charge in [0.25, 0.3) is 0 Å². The Labute approximate surface area is 124 Å². The number of hydrogen-bond acceptors (Lipinski definition) is 3. The first kappa shape index (κ1) is 17.4. The van der Waals surface area contributed by atoms with Crippen molar-refractivity contribution in [2.75, 3.05) is 32.7 Å². The molecule has 0 spiro atoms. The van der Waals surface area contributed by atoms with Gasteiger partial charge in [-0.25, -0.2) is 0 Å². The first-order valence-corrected chi connectivity index (χ1v) is 7.96. The molecule has 1 atom stereocenters. The fraction of sp³-hybridized carbons (Fsp3) is 0.938. The largest absolute Gasteiger partial charge is 0.352 e. The van der Waals surface area contributed by atoms with Crippen LogP contribution in [0.1, 0.15) is 48.0 Å². The van der Waals surface area contributed by atoms with E-state index in [-0.39, 0.29) is 17.4 Å². The molecule has 0 aromatic rings. The summed E-state index contributed by atoms with van der Waals surface area (Å²) in [6.45, 7) is 17.8. The van der Waals surface area contributed by atoms with E-state index in [9.17, 15) is 4.79 Å². The van der Waals surface area contributed by atoms with Crippen molar-refractivity contribution in [3.63, 3.8) is 0 Å². The molecule has 4 heteroatoms. The topological polar surface area (TPSA) is 35.6 Å². The molecule has 1 unspecified atom stereocenters. The molecule has 1 N–H and O–H groups in total. The van der Waals surface area contributed by atoms with E-state index in [2.05, 4.69) is 56.7 Å². The Hall–Kier alpha value is -0.610. The third kappa shape index (κ3) is 5.80. The zero-order chi connectivity index (χ0) is 15.3. The normalized spacial score (nSPS) is 20.8. The molecule has 0 radical (unpaired) electrons. The fourth-order valence-corrected chi connectivity index (χ4v) is 2.37. The van der Waals surface area contributed by atoms with E-state index in [1.807, 2.05) is 0 Å². The second-order valence-electron chi connectivity index (χ2n) is 7.41. The highest BCUT2D eigenvalue weighted by molar-refractivity contribution is 5.78. The van der Waals surface area contributed by atoms with Gasteiger partial charge in [0.1, 0.15) is 0 Å². The Morgan fingerprint density at radius 1 is 1.10 bits per heavy atom. The van der Waals surface area contributed by atoms with Crippen molar-refractivity contribution >= 4 is 5.91 Å². The van der Waals surface area contributed by atoms with Crippen LogP contribution in [0.3, 0.4) is 0 Å². The molecule has 0 aliphatic carbocycles. The molecule has 1 rings (SSSR count). The van der Waals surface area contributed by atoms with E-state index in [1.54, 1.807) is 0 Å². The summed E-state index contributed by atoms with van der Waals surface area (Å²) in [6.07, 6.45) is 1.15. The predicted molar refractivity (Wildman–Crippen MR) is 84.8 cm³/mol. The second kappa shape index (κ2) is 7.41. The van der Waals surface area contributed by atoms with Gasteiger partial charge in [0, 0.05) is 25.2 Å². The van der Waals surface area contributed by atoms with Crippen LogP contribution in [0.15, 0.2) is 0 Å². The Morgan fingerprint density at radius 2 is 1.75 bits per heavy atom. The molecule has 4 nitrogen and oxygen atoms in total. The standard InChI is InChI=1S/C16H33N3O/c1-13(2)19-9-7-8-18(10-11-19)12-15(20)17-14(3)16(4,5)6/h13-14H,7-12H2,1-6H3,(H,17,20). The minimum absolute atomic E-state index is 0.114. The molecule has 0 aromatic carbocycles. The summed E-state index contributed by atoms with van der Waals surface area (Å²) in [5.41, 5.74) is 0.114. The van der Waals surface area contributed by atoms with Gasteiger partial charge >= 0.3 is 0 Å². The van der Waals surface area contributed by atoms with Crippen molar-refractivity contribution in [1.82, 2.24) is 15.1 Å². The SMILES string of the molecule is CC(C)N1CCCN(CC(=O)NC(C)C(C)(C)C)CC1. The molecule has 20 heavy (non-hydrogen) atoms. The number of rotatable bonds is 4. The van der Waals surface area contributed by atoms with E-state index in [1.165, 1.54) is 0 Å². The highest BCUT2D eigenvalue weighted by Crippen LogP contribution is 2.18. The van der Waals surface area contributed by atoms with Crippen LogP contribution in [0.4, 0.5) is 0 Å². The van der Waals surface area contributed by atoms with Crippen LogP contribution in [0.5, 0.6) is 0 Å². The summed E-state index contributed by atoms with van der Waals surface area (Å²) in [6, 6.07) is 0.804. The molecule has 1 aliphatic rings. The fourth-order valence-electron chi connectivity index (χ4n) is 2.37. The molecule has 1 fully saturated rings.